The van der Waals surface area contributed by atoms with Gasteiger partial charge in [-0.25, -0.2) is 0 Å². The number of pyridine rings is 1. The first kappa shape index (κ1) is 25.0. The van der Waals surface area contributed by atoms with Gasteiger partial charge in [0.05, 0.1) is 23.3 Å². The minimum Gasteiger partial charge on any atom is -0.351 e. The van der Waals surface area contributed by atoms with E-state index in [1.807, 2.05) is 42.7 Å². The number of aryl methyl sites for hydroxylation is 2. The molecular weight excluding hydrogens is 493 g/mol. The van der Waals surface area contributed by atoms with E-state index >= 15 is 0 Å². The van der Waals surface area contributed by atoms with E-state index in [-0.39, 0.29) is 12.1 Å². The van der Waals surface area contributed by atoms with Crippen molar-refractivity contribution in [3.05, 3.63) is 113 Å². The maximum Gasteiger partial charge on any atom is 0.416 e. The zero-order valence-corrected chi connectivity index (χ0v) is 21.6. The molecular formula is C29H27F3N4S. The molecule has 2 atom stereocenters. The van der Waals surface area contributed by atoms with Crippen LogP contribution in [0.3, 0.4) is 0 Å². The van der Waals surface area contributed by atoms with Gasteiger partial charge in [0.15, 0.2) is 5.11 Å². The number of hydrogen-bond acceptors (Lipinski definition) is 2. The lowest BCUT2D eigenvalue weighted by Crippen LogP contribution is -2.29. The summed E-state index contributed by atoms with van der Waals surface area (Å²) in [7, 11) is 0. The van der Waals surface area contributed by atoms with Gasteiger partial charge in [-0.1, -0.05) is 31.2 Å². The van der Waals surface area contributed by atoms with Crippen molar-refractivity contribution in [2.45, 2.75) is 45.5 Å². The number of nitrogens with zero attached hydrogens (tertiary/aromatic N) is 3. The van der Waals surface area contributed by atoms with Crippen LogP contribution in [0.15, 0.2) is 79.0 Å². The maximum atomic E-state index is 13.5. The van der Waals surface area contributed by atoms with E-state index in [0.29, 0.717) is 10.8 Å². The summed E-state index contributed by atoms with van der Waals surface area (Å²) in [5.74, 6) is 0. The van der Waals surface area contributed by atoms with Crippen LogP contribution in [0.25, 0.3) is 5.69 Å². The second-order valence-electron chi connectivity index (χ2n) is 9.23. The molecule has 0 unspecified atom stereocenters. The van der Waals surface area contributed by atoms with Crippen molar-refractivity contribution in [3.63, 3.8) is 0 Å². The summed E-state index contributed by atoms with van der Waals surface area (Å²) >= 11 is 5.83. The lowest BCUT2D eigenvalue weighted by molar-refractivity contribution is -0.137. The molecule has 0 saturated carbocycles. The number of hydrogen-bond donors (Lipinski definition) is 1. The number of rotatable bonds is 5. The van der Waals surface area contributed by atoms with Gasteiger partial charge < -0.3 is 14.8 Å². The Morgan fingerprint density at radius 1 is 0.946 bits per heavy atom. The Bertz CT molecular complexity index is 1430. The van der Waals surface area contributed by atoms with Crippen LogP contribution in [-0.4, -0.2) is 14.7 Å². The molecule has 1 aliphatic heterocycles. The highest BCUT2D eigenvalue weighted by Crippen LogP contribution is 2.44. The number of aromatic nitrogens is 2. The Kier molecular flexibility index (Phi) is 6.54. The topological polar surface area (TPSA) is 33.1 Å². The minimum atomic E-state index is -4.42. The second kappa shape index (κ2) is 9.67. The van der Waals surface area contributed by atoms with Crippen molar-refractivity contribution < 1.29 is 13.2 Å². The van der Waals surface area contributed by atoms with Crippen molar-refractivity contribution in [3.8, 4) is 5.69 Å². The lowest BCUT2D eigenvalue weighted by atomic mass is 9.96. The van der Waals surface area contributed by atoms with Gasteiger partial charge in [0.1, 0.15) is 0 Å². The molecule has 1 fully saturated rings. The molecule has 4 aromatic rings. The third-order valence-corrected chi connectivity index (χ3v) is 7.26. The van der Waals surface area contributed by atoms with Crippen LogP contribution in [0.5, 0.6) is 0 Å². The maximum absolute atomic E-state index is 13.5. The highest BCUT2D eigenvalue weighted by atomic mass is 32.1. The molecule has 2 aromatic heterocycles. The summed E-state index contributed by atoms with van der Waals surface area (Å²) in [5, 5.41) is 4.04. The van der Waals surface area contributed by atoms with E-state index in [1.165, 1.54) is 17.7 Å². The SMILES string of the molecule is CCc1ccc(N2C(=S)N[C@H](c3ccccn3)[C@@H]2c2cc(C)n(-c3cccc(C(F)(F)F)c3)c2C)cc1. The first-order valence-corrected chi connectivity index (χ1v) is 12.6. The normalized spacial score (nSPS) is 17.8. The standard InChI is InChI=1S/C29H27F3N4S/c1-4-20-11-13-22(14-12-20)36-27(26(34-28(36)37)25-10-5-6-15-33-25)24-16-18(2)35(19(24)3)23-9-7-8-21(17-23)29(30,31)32/h5-17,26-27H,4H2,1-3H3,(H,34,37)/t26-,27+/m1/s1. The molecule has 1 aliphatic rings. The molecule has 1 saturated heterocycles. The summed E-state index contributed by atoms with van der Waals surface area (Å²) in [5.41, 5.74) is 5.47. The van der Waals surface area contributed by atoms with Gasteiger partial charge in [-0.2, -0.15) is 13.2 Å². The molecule has 4 nitrogen and oxygen atoms in total. The molecule has 0 bridgehead atoms. The Morgan fingerprint density at radius 2 is 1.70 bits per heavy atom. The smallest absolute Gasteiger partial charge is 0.351 e. The van der Waals surface area contributed by atoms with E-state index in [4.69, 9.17) is 12.2 Å². The lowest BCUT2D eigenvalue weighted by Gasteiger charge is -2.28. The van der Waals surface area contributed by atoms with Gasteiger partial charge in [0, 0.05) is 29.0 Å². The first-order chi connectivity index (χ1) is 17.7. The third-order valence-electron chi connectivity index (χ3n) is 6.94. The van der Waals surface area contributed by atoms with Crippen molar-refractivity contribution in [1.29, 1.82) is 0 Å². The van der Waals surface area contributed by atoms with Crippen molar-refractivity contribution >= 4 is 23.0 Å². The fraction of sp³-hybridized carbons (Fsp3) is 0.241. The van der Waals surface area contributed by atoms with Gasteiger partial charge >= 0.3 is 6.18 Å². The van der Waals surface area contributed by atoms with E-state index in [2.05, 4.69) is 46.4 Å². The average Bonchev–Trinajstić information content (AvgIpc) is 3.39. The largest absolute Gasteiger partial charge is 0.416 e. The molecule has 8 heteroatoms. The molecule has 0 spiro atoms. The van der Waals surface area contributed by atoms with Gasteiger partial charge in [0.25, 0.3) is 0 Å². The van der Waals surface area contributed by atoms with Crippen LogP contribution >= 0.6 is 12.2 Å². The summed E-state index contributed by atoms with van der Waals surface area (Å²) in [4.78, 5) is 6.69. The van der Waals surface area contributed by atoms with Crippen LogP contribution in [0.4, 0.5) is 18.9 Å². The third kappa shape index (κ3) is 4.62. The minimum absolute atomic E-state index is 0.241. The number of nitrogens with one attached hydrogen (secondary N) is 1. The van der Waals surface area contributed by atoms with Crippen molar-refractivity contribution in [1.82, 2.24) is 14.9 Å². The van der Waals surface area contributed by atoms with E-state index in [1.54, 1.807) is 12.3 Å². The van der Waals surface area contributed by atoms with E-state index < -0.39 is 11.7 Å². The number of thiocarbonyl (C=S) groups is 1. The predicted octanol–water partition coefficient (Wildman–Crippen LogP) is 7.25. The summed E-state index contributed by atoms with van der Waals surface area (Å²) < 4.78 is 42.3. The van der Waals surface area contributed by atoms with Crippen LogP contribution in [0, 0.1) is 13.8 Å². The van der Waals surface area contributed by atoms with Crippen LogP contribution in [0.1, 0.15) is 52.8 Å². The van der Waals surface area contributed by atoms with Gasteiger partial charge in [0.2, 0.25) is 0 Å². The van der Waals surface area contributed by atoms with Gasteiger partial charge in [-0.15, -0.1) is 0 Å². The van der Waals surface area contributed by atoms with Crippen LogP contribution in [-0.2, 0) is 12.6 Å². The zero-order chi connectivity index (χ0) is 26.3. The first-order valence-electron chi connectivity index (χ1n) is 12.1. The Labute approximate surface area is 219 Å². The number of anilines is 1. The molecule has 190 valence electrons. The fourth-order valence-corrected chi connectivity index (χ4v) is 5.49. The highest BCUT2D eigenvalue weighted by molar-refractivity contribution is 7.80. The molecule has 3 heterocycles. The Balaban J connectivity index is 1.66. The quantitative estimate of drug-likeness (QED) is 0.281. The zero-order valence-electron chi connectivity index (χ0n) is 20.8. The molecule has 2 aromatic carbocycles. The average molecular weight is 521 g/mol. The summed E-state index contributed by atoms with van der Waals surface area (Å²) in [6, 6.07) is 21.1. The molecule has 1 N–H and O–H groups in total. The Morgan fingerprint density at radius 3 is 2.35 bits per heavy atom. The summed E-state index contributed by atoms with van der Waals surface area (Å²) in [6.07, 6.45) is -1.73. The van der Waals surface area contributed by atoms with E-state index in [9.17, 15) is 13.2 Å². The number of benzene rings is 2. The monoisotopic (exact) mass is 520 g/mol. The van der Waals surface area contributed by atoms with Gasteiger partial charge in [-0.05, 0) is 92.1 Å². The highest BCUT2D eigenvalue weighted by Gasteiger charge is 2.42. The molecule has 37 heavy (non-hydrogen) atoms. The van der Waals surface area contributed by atoms with E-state index in [0.717, 1.165) is 40.8 Å². The Hall–Kier alpha value is -3.65. The van der Waals surface area contributed by atoms with Crippen LogP contribution in [0.2, 0.25) is 0 Å². The van der Waals surface area contributed by atoms with Crippen LogP contribution < -0.4 is 10.2 Å². The molecule has 0 radical (unpaired) electrons. The second-order valence-corrected chi connectivity index (χ2v) is 9.61. The fourth-order valence-electron chi connectivity index (χ4n) is 5.15. The predicted molar refractivity (Wildman–Crippen MR) is 144 cm³/mol. The summed E-state index contributed by atoms with van der Waals surface area (Å²) in [6.45, 7) is 5.96. The van der Waals surface area contributed by atoms with Crippen molar-refractivity contribution in [2.75, 3.05) is 4.90 Å². The molecule has 0 amide bonds. The van der Waals surface area contributed by atoms with Gasteiger partial charge in [-0.3, -0.25) is 4.98 Å². The van der Waals surface area contributed by atoms with Crippen molar-refractivity contribution in [2.24, 2.45) is 0 Å². The molecule has 0 aliphatic carbocycles. The molecule has 5 rings (SSSR count). The number of halogens is 3. The number of alkyl halides is 3.